The Kier molecular flexibility index (Phi) is 6.06. The highest BCUT2D eigenvalue weighted by Crippen LogP contribution is 2.67. The van der Waals surface area contributed by atoms with Gasteiger partial charge in [-0.1, -0.05) is 60.0 Å². The molecule has 9 atom stereocenters. The number of hydrogen-bond acceptors (Lipinski definition) is 2. The number of aliphatic hydroxyl groups is 1. The quantitative estimate of drug-likeness (QED) is 0.536. The summed E-state index contributed by atoms with van der Waals surface area (Å²) in [5.41, 5.74) is 1.64. The van der Waals surface area contributed by atoms with Crippen LogP contribution in [0.25, 0.3) is 0 Å². The number of carbonyl (C=O) groups is 1. The Bertz CT molecular complexity index is 693. The molecule has 0 aromatic rings. The molecule has 4 rings (SSSR count). The van der Waals surface area contributed by atoms with Crippen LogP contribution in [0.1, 0.15) is 99.3 Å². The van der Waals surface area contributed by atoms with Gasteiger partial charge in [-0.25, -0.2) is 0 Å². The molecule has 9 unspecified atom stereocenters. The Morgan fingerprint density at radius 2 is 1.77 bits per heavy atom. The number of carbonyl (C=O) groups excluding carboxylic acids is 1. The number of rotatable bonds is 5. The lowest BCUT2D eigenvalue weighted by molar-refractivity contribution is -0.141. The van der Waals surface area contributed by atoms with E-state index in [-0.39, 0.29) is 16.9 Å². The van der Waals surface area contributed by atoms with Crippen LogP contribution in [0.15, 0.2) is 11.6 Å². The highest BCUT2D eigenvalue weighted by Gasteiger charge is 2.62. The Labute approximate surface area is 185 Å². The molecule has 0 aromatic carbocycles. The Balaban J connectivity index is 1.54. The molecule has 1 N–H and O–H groups in total. The molecule has 2 nitrogen and oxygen atoms in total. The van der Waals surface area contributed by atoms with Gasteiger partial charge in [0.1, 0.15) is 0 Å². The first kappa shape index (κ1) is 22.6. The van der Waals surface area contributed by atoms with Crippen molar-refractivity contribution in [2.75, 3.05) is 0 Å². The smallest absolute Gasteiger partial charge is 0.155 e. The fourth-order valence-electron chi connectivity index (χ4n) is 8.55. The summed E-state index contributed by atoms with van der Waals surface area (Å²) in [6, 6.07) is 0. The van der Waals surface area contributed by atoms with Crippen LogP contribution in [0.2, 0.25) is 0 Å². The number of allylic oxidation sites excluding steroid dienone is 1. The predicted octanol–water partition coefficient (Wildman–Crippen LogP) is 6.81. The topological polar surface area (TPSA) is 37.3 Å². The van der Waals surface area contributed by atoms with E-state index in [0.717, 1.165) is 37.0 Å². The minimum atomic E-state index is -0.185. The van der Waals surface area contributed by atoms with E-state index >= 15 is 0 Å². The highest BCUT2D eigenvalue weighted by molar-refractivity contribution is 5.91. The van der Waals surface area contributed by atoms with Crippen LogP contribution < -0.4 is 0 Å². The molecule has 0 bridgehead atoms. The molecular weight excluding hydrogens is 368 g/mol. The fourth-order valence-corrected chi connectivity index (χ4v) is 8.55. The molecule has 0 heterocycles. The van der Waals surface area contributed by atoms with Gasteiger partial charge in [-0.3, -0.25) is 4.79 Å². The normalized spacial score (nSPS) is 45.4. The van der Waals surface area contributed by atoms with E-state index in [2.05, 4.69) is 41.5 Å². The van der Waals surface area contributed by atoms with Crippen LogP contribution in [0.3, 0.4) is 0 Å². The van der Waals surface area contributed by atoms with Crippen LogP contribution >= 0.6 is 0 Å². The Morgan fingerprint density at radius 1 is 1.03 bits per heavy atom. The van der Waals surface area contributed by atoms with E-state index < -0.39 is 0 Å². The summed E-state index contributed by atoms with van der Waals surface area (Å²) in [4.78, 5) is 12.1. The molecule has 3 saturated carbocycles. The van der Waals surface area contributed by atoms with Gasteiger partial charge >= 0.3 is 0 Å². The molecule has 0 aromatic heterocycles. The maximum atomic E-state index is 12.1. The van der Waals surface area contributed by atoms with Crippen molar-refractivity contribution in [2.45, 2.75) is 105 Å². The second-order valence-corrected chi connectivity index (χ2v) is 12.5. The molecular formula is C28H46O2. The van der Waals surface area contributed by atoms with Crippen LogP contribution in [0, 0.1) is 52.3 Å². The summed E-state index contributed by atoms with van der Waals surface area (Å²) in [5, 5.41) is 11.6. The van der Waals surface area contributed by atoms with Crippen molar-refractivity contribution in [2.24, 2.45) is 52.3 Å². The molecule has 0 radical (unpaired) electrons. The van der Waals surface area contributed by atoms with Crippen molar-refractivity contribution in [1.82, 2.24) is 0 Å². The minimum absolute atomic E-state index is 0.0870. The van der Waals surface area contributed by atoms with Crippen LogP contribution in [-0.4, -0.2) is 17.0 Å². The summed E-state index contributed by atoms with van der Waals surface area (Å²) < 4.78 is 0. The lowest BCUT2D eigenvalue weighted by Gasteiger charge is -2.60. The molecule has 2 heteroatoms. The zero-order valence-electron chi connectivity index (χ0n) is 20.4. The highest BCUT2D eigenvalue weighted by atomic mass is 16.3. The van der Waals surface area contributed by atoms with E-state index in [1.165, 1.54) is 37.7 Å². The minimum Gasteiger partial charge on any atom is -0.393 e. The lowest BCUT2D eigenvalue weighted by atomic mass is 9.45. The summed E-state index contributed by atoms with van der Waals surface area (Å²) in [5.74, 6) is 5.21. The summed E-state index contributed by atoms with van der Waals surface area (Å²) in [7, 11) is 0. The molecule has 0 amide bonds. The summed E-state index contributed by atoms with van der Waals surface area (Å²) >= 11 is 0. The third-order valence-corrected chi connectivity index (χ3v) is 11.0. The zero-order valence-corrected chi connectivity index (χ0v) is 20.4. The number of ketones is 1. The molecule has 0 aliphatic heterocycles. The maximum absolute atomic E-state index is 12.1. The SMILES string of the molecule is CC(C)C(C)CCC(C)C1CCC2C3CCC4=CC(=O)CCC4(C)C3CC(O)C12C. The van der Waals surface area contributed by atoms with Gasteiger partial charge in [0, 0.05) is 6.42 Å². The first-order valence-electron chi connectivity index (χ1n) is 13.0. The van der Waals surface area contributed by atoms with Crippen molar-refractivity contribution in [1.29, 1.82) is 0 Å². The molecule has 0 saturated heterocycles. The fraction of sp³-hybridized carbons (Fsp3) is 0.893. The third kappa shape index (κ3) is 3.44. The van der Waals surface area contributed by atoms with Crippen molar-refractivity contribution in [3.05, 3.63) is 11.6 Å². The lowest BCUT2D eigenvalue weighted by Crippen LogP contribution is -2.56. The predicted molar refractivity (Wildman–Crippen MR) is 124 cm³/mol. The van der Waals surface area contributed by atoms with E-state index in [0.29, 0.717) is 35.9 Å². The molecule has 170 valence electrons. The van der Waals surface area contributed by atoms with E-state index in [4.69, 9.17) is 0 Å². The molecule has 3 fully saturated rings. The molecule has 4 aliphatic carbocycles. The molecule has 0 spiro atoms. The average molecular weight is 415 g/mol. The van der Waals surface area contributed by atoms with E-state index in [9.17, 15) is 9.90 Å². The van der Waals surface area contributed by atoms with Gasteiger partial charge in [0.05, 0.1) is 6.10 Å². The largest absolute Gasteiger partial charge is 0.393 e. The van der Waals surface area contributed by atoms with Crippen molar-refractivity contribution in [3.63, 3.8) is 0 Å². The molecule has 4 aliphatic rings. The van der Waals surface area contributed by atoms with Crippen molar-refractivity contribution in [3.8, 4) is 0 Å². The maximum Gasteiger partial charge on any atom is 0.155 e. The number of aliphatic hydroxyl groups excluding tert-OH is 1. The zero-order chi connectivity index (χ0) is 21.8. The van der Waals surface area contributed by atoms with Gasteiger partial charge in [-0.2, -0.15) is 0 Å². The Hall–Kier alpha value is -0.630. The number of hydrogen-bond donors (Lipinski definition) is 1. The summed E-state index contributed by atoms with van der Waals surface area (Å²) in [6.07, 6.45) is 12.0. The number of fused-ring (bicyclic) bond motifs is 5. The monoisotopic (exact) mass is 414 g/mol. The van der Waals surface area contributed by atoms with Gasteiger partial charge in [-0.15, -0.1) is 0 Å². The van der Waals surface area contributed by atoms with E-state index in [1.54, 1.807) is 0 Å². The molecule has 30 heavy (non-hydrogen) atoms. The van der Waals surface area contributed by atoms with Crippen LogP contribution in [0.5, 0.6) is 0 Å². The first-order chi connectivity index (χ1) is 14.1. The van der Waals surface area contributed by atoms with E-state index in [1.807, 2.05) is 6.08 Å². The van der Waals surface area contributed by atoms with Gasteiger partial charge in [0.25, 0.3) is 0 Å². The Morgan fingerprint density at radius 3 is 2.47 bits per heavy atom. The third-order valence-electron chi connectivity index (χ3n) is 11.0. The van der Waals surface area contributed by atoms with Crippen molar-refractivity contribution < 1.29 is 9.90 Å². The first-order valence-corrected chi connectivity index (χ1v) is 13.0. The summed E-state index contributed by atoms with van der Waals surface area (Å²) in [6.45, 7) is 14.4. The van der Waals surface area contributed by atoms with Gasteiger partial charge in [0.2, 0.25) is 0 Å². The standard InChI is InChI=1S/C28H46O2/c1-17(2)18(3)7-8-19(4)23-11-12-24-22-10-9-20-15-21(29)13-14-27(20,5)25(22)16-26(30)28(23,24)6/h15,17-19,22-26,30H,7-14,16H2,1-6H3. The van der Waals surface area contributed by atoms with Crippen LogP contribution in [0.4, 0.5) is 0 Å². The average Bonchev–Trinajstić information content (AvgIpc) is 3.06. The second-order valence-electron chi connectivity index (χ2n) is 12.5. The van der Waals surface area contributed by atoms with Gasteiger partial charge in [-0.05, 0) is 96.9 Å². The second kappa shape index (κ2) is 8.05. The van der Waals surface area contributed by atoms with Gasteiger partial charge in [0.15, 0.2) is 5.78 Å². The van der Waals surface area contributed by atoms with Gasteiger partial charge < -0.3 is 5.11 Å². The van der Waals surface area contributed by atoms with Crippen LogP contribution in [-0.2, 0) is 4.79 Å². The van der Waals surface area contributed by atoms with Crippen molar-refractivity contribution >= 4 is 5.78 Å².